The Morgan fingerprint density at radius 3 is 2.27 bits per heavy atom. The Hall–Kier alpha value is -2.42. The van der Waals surface area contributed by atoms with Crippen molar-refractivity contribution in [3.63, 3.8) is 0 Å². The predicted molar refractivity (Wildman–Crippen MR) is 118 cm³/mol. The van der Waals surface area contributed by atoms with Gasteiger partial charge in [0.15, 0.2) is 0 Å². The summed E-state index contributed by atoms with van der Waals surface area (Å²) in [4.78, 5) is 25.5. The van der Waals surface area contributed by atoms with Gasteiger partial charge in [0.05, 0.1) is 4.90 Å². The lowest BCUT2D eigenvalue weighted by molar-refractivity contribution is -0.118. The molecule has 162 valence electrons. The molecule has 1 atom stereocenters. The number of carbonyl (C=O) groups excluding carboxylic acids is 2. The van der Waals surface area contributed by atoms with E-state index < -0.39 is 27.9 Å². The minimum Gasteiger partial charge on any atom is -0.340 e. The van der Waals surface area contributed by atoms with Crippen LogP contribution >= 0.6 is 11.6 Å². The van der Waals surface area contributed by atoms with Crippen LogP contribution in [-0.4, -0.2) is 44.7 Å². The molecular formula is C21H26ClN3O4S. The normalized spacial score (nSPS) is 12.6. The Morgan fingerprint density at radius 1 is 1.07 bits per heavy atom. The van der Waals surface area contributed by atoms with Crippen molar-refractivity contribution in [2.24, 2.45) is 5.92 Å². The molecule has 0 saturated heterocycles. The molecule has 7 nitrogen and oxygen atoms in total. The van der Waals surface area contributed by atoms with Crippen LogP contribution in [-0.2, 0) is 14.8 Å². The fraction of sp³-hybridized carbons (Fsp3) is 0.333. The van der Waals surface area contributed by atoms with Crippen LogP contribution < -0.4 is 10.6 Å². The van der Waals surface area contributed by atoms with E-state index in [4.69, 9.17) is 11.6 Å². The summed E-state index contributed by atoms with van der Waals surface area (Å²) in [6.45, 7) is 3.89. The van der Waals surface area contributed by atoms with E-state index in [-0.39, 0.29) is 10.8 Å². The zero-order chi connectivity index (χ0) is 22.5. The molecule has 0 saturated carbocycles. The molecule has 2 aromatic carbocycles. The molecule has 30 heavy (non-hydrogen) atoms. The Balaban J connectivity index is 2.19. The number of rotatable bonds is 8. The highest BCUT2D eigenvalue weighted by Crippen LogP contribution is 2.19. The second-order valence-corrected chi connectivity index (χ2v) is 10.1. The van der Waals surface area contributed by atoms with Gasteiger partial charge in [0.1, 0.15) is 6.04 Å². The number of amides is 2. The maximum absolute atomic E-state index is 12.9. The van der Waals surface area contributed by atoms with Crippen LogP contribution in [0.4, 0.5) is 5.69 Å². The number of benzene rings is 2. The fourth-order valence-corrected chi connectivity index (χ4v) is 3.79. The lowest BCUT2D eigenvalue weighted by Gasteiger charge is -2.20. The minimum absolute atomic E-state index is 0.0657. The molecule has 0 spiro atoms. The zero-order valence-corrected chi connectivity index (χ0v) is 18.9. The zero-order valence-electron chi connectivity index (χ0n) is 17.3. The molecule has 0 aliphatic rings. The molecule has 2 amide bonds. The number of nitrogens with one attached hydrogen (secondary N) is 2. The molecule has 9 heteroatoms. The standard InChI is InChI=1S/C21H26ClN3O4S/c1-14(2)12-19(24-20(26)15-8-10-16(22)11-9-15)21(27)23-17-6-5-7-18(13-17)30(28,29)25(3)4/h5-11,13-14,19H,12H2,1-4H3,(H,23,27)(H,24,26). The molecule has 0 heterocycles. The first-order valence-electron chi connectivity index (χ1n) is 9.40. The number of hydrogen-bond acceptors (Lipinski definition) is 4. The smallest absolute Gasteiger partial charge is 0.251 e. The van der Waals surface area contributed by atoms with Crippen molar-refractivity contribution in [3.05, 3.63) is 59.1 Å². The molecular weight excluding hydrogens is 426 g/mol. The van der Waals surface area contributed by atoms with E-state index in [2.05, 4.69) is 10.6 Å². The van der Waals surface area contributed by atoms with Crippen molar-refractivity contribution >= 4 is 39.1 Å². The summed E-state index contributed by atoms with van der Waals surface area (Å²) in [6, 6.07) is 11.6. The van der Waals surface area contributed by atoms with E-state index >= 15 is 0 Å². The maximum atomic E-state index is 12.9. The second kappa shape index (κ2) is 10.1. The van der Waals surface area contributed by atoms with Gasteiger partial charge in [-0.2, -0.15) is 0 Å². The number of halogens is 1. The predicted octanol–water partition coefficient (Wildman–Crippen LogP) is 3.37. The highest BCUT2D eigenvalue weighted by Gasteiger charge is 2.24. The van der Waals surface area contributed by atoms with E-state index in [1.807, 2.05) is 13.8 Å². The average Bonchev–Trinajstić information content (AvgIpc) is 2.67. The topological polar surface area (TPSA) is 95.6 Å². The molecule has 2 rings (SSSR count). The minimum atomic E-state index is -3.63. The second-order valence-electron chi connectivity index (χ2n) is 7.47. The summed E-state index contributed by atoms with van der Waals surface area (Å²) in [7, 11) is -0.759. The first-order valence-corrected chi connectivity index (χ1v) is 11.2. The summed E-state index contributed by atoms with van der Waals surface area (Å²) in [5.41, 5.74) is 0.720. The van der Waals surface area contributed by atoms with E-state index in [0.29, 0.717) is 22.7 Å². The number of sulfonamides is 1. The molecule has 0 aliphatic heterocycles. The van der Waals surface area contributed by atoms with Crippen molar-refractivity contribution < 1.29 is 18.0 Å². The molecule has 0 fully saturated rings. The Kier molecular flexibility index (Phi) is 8.00. The molecule has 0 aromatic heterocycles. The Morgan fingerprint density at radius 2 is 1.70 bits per heavy atom. The monoisotopic (exact) mass is 451 g/mol. The first kappa shape index (κ1) is 23.9. The first-order chi connectivity index (χ1) is 14.0. The lowest BCUT2D eigenvalue weighted by atomic mass is 10.0. The van der Waals surface area contributed by atoms with Gasteiger partial charge in [-0.15, -0.1) is 0 Å². The molecule has 0 aliphatic carbocycles. The summed E-state index contributed by atoms with van der Waals surface area (Å²) < 4.78 is 25.7. The van der Waals surface area contributed by atoms with Gasteiger partial charge in [0.2, 0.25) is 15.9 Å². The van der Waals surface area contributed by atoms with Gasteiger partial charge in [-0.3, -0.25) is 9.59 Å². The third-order valence-corrected chi connectivity index (χ3v) is 6.38. The van der Waals surface area contributed by atoms with Gasteiger partial charge in [-0.25, -0.2) is 12.7 Å². The quantitative estimate of drug-likeness (QED) is 0.643. The van der Waals surface area contributed by atoms with Crippen LogP contribution in [0.2, 0.25) is 5.02 Å². The summed E-state index contributed by atoms with van der Waals surface area (Å²) in [5.74, 6) is -0.673. The third-order valence-electron chi connectivity index (χ3n) is 4.32. The van der Waals surface area contributed by atoms with Gasteiger partial charge in [-0.05, 0) is 54.8 Å². The summed E-state index contributed by atoms with van der Waals surface area (Å²) in [5, 5.41) is 5.96. The van der Waals surface area contributed by atoms with Gasteiger partial charge in [0.25, 0.3) is 5.91 Å². The van der Waals surface area contributed by atoms with Crippen LogP contribution in [0.5, 0.6) is 0 Å². The largest absolute Gasteiger partial charge is 0.340 e. The van der Waals surface area contributed by atoms with Crippen molar-refractivity contribution in [2.45, 2.75) is 31.2 Å². The molecule has 1 unspecified atom stereocenters. The van der Waals surface area contributed by atoms with Crippen LogP contribution in [0.15, 0.2) is 53.4 Å². The van der Waals surface area contributed by atoms with Crippen LogP contribution in [0.25, 0.3) is 0 Å². The fourth-order valence-electron chi connectivity index (χ4n) is 2.72. The van der Waals surface area contributed by atoms with Crippen molar-refractivity contribution in [2.75, 3.05) is 19.4 Å². The number of hydrogen-bond donors (Lipinski definition) is 2. The summed E-state index contributed by atoms with van der Waals surface area (Å²) in [6.07, 6.45) is 0.418. The average molecular weight is 452 g/mol. The SMILES string of the molecule is CC(C)CC(NC(=O)c1ccc(Cl)cc1)C(=O)Nc1cccc(S(=O)(=O)N(C)C)c1. The molecule has 2 N–H and O–H groups in total. The van der Waals surface area contributed by atoms with Crippen LogP contribution in [0.3, 0.4) is 0 Å². The van der Waals surface area contributed by atoms with E-state index in [9.17, 15) is 18.0 Å². The van der Waals surface area contributed by atoms with Crippen molar-refractivity contribution in [1.82, 2.24) is 9.62 Å². The van der Waals surface area contributed by atoms with Gasteiger partial charge < -0.3 is 10.6 Å². The van der Waals surface area contributed by atoms with Crippen molar-refractivity contribution in [1.29, 1.82) is 0 Å². The van der Waals surface area contributed by atoms with Gasteiger partial charge >= 0.3 is 0 Å². The number of nitrogens with zero attached hydrogens (tertiary/aromatic N) is 1. The van der Waals surface area contributed by atoms with Crippen LogP contribution in [0.1, 0.15) is 30.6 Å². The van der Waals surface area contributed by atoms with Gasteiger partial charge in [-0.1, -0.05) is 31.5 Å². The van der Waals surface area contributed by atoms with E-state index in [1.54, 1.807) is 36.4 Å². The lowest BCUT2D eigenvalue weighted by Crippen LogP contribution is -2.44. The molecule has 0 radical (unpaired) electrons. The van der Waals surface area contributed by atoms with E-state index in [1.165, 1.54) is 26.2 Å². The number of anilines is 1. The van der Waals surface area contributed by atoms with Crippen LogP contribution in [0, 0.1) is 5.92 Å². The summed E-state index contributed by atoms with van der Waals surface area (Å²) >= 11 is 5.85. The molecule has 2 aromatic rings. The van der Waals surface area contributed by atoms with Crippen molar-refractivity contribution in [3.8, 4) is 0 Å². The van der Waals surface area contributed by atoms with Gasteiger partial charge in [0, 0.05) is 30.4 Å². The third kappa shape index (κ3) is 6.29. The molecule has 0 bridgehead atoms. The Bertz CT molecular complexity index is 1010. The van der Waals surface area contributed by atoms with E-state index in [0.717, 1.165) is 4.31 Å². The number of carbonyl (C=O) groups is 2. The highest BCUT2D eigenvalue weighted by atomic mass is 35.5. The maximum Gasteiger partial charge on any atom is 0.251 e. The Labute approximate surface area is 182 Å². The highest BCUT2D eigenvalue weighted by molar-refractivity contribution is 7.89.